The summed E-state index contributed by atoms with van der Waals surface area (Å²) in [5.41, 5.74) is 10.1. The summed E-state index contributed by atoms with van der Waals surface area (Å²) in [5, 5.41) is 7.01. The van der Waals surface area contributed by atoms with Crippen molar-refractivity contribution in [3.05, 3.63) is 182 Å². The minimum atomic E-state index is 0.591. The lowest BCUT2D eigenvalue weighted by atomic mass is 10.0. The lowest BCUT2D eigenvalue weighted by Gasteiger charge is -2.08. The zero-order chi connectivity index (χ0) is 37.5. The molecule has 8 aromatic carbocycles. The second-order valence-corrected chi connectivity index (χ2v) is 15.5. The molecule has 4 aromatic heterocycles. The molecule has 0 bridgehead atoms. The molecule has 4 heterocycles. The number of furan rings is 1. The summed E-state index contributed by atoms with van der Waals surface area (Å²) < 4.78 is 11.6. The molecule has 12 rings (SSSR count). The Morgan fingerprint density at radius 1 is 0.368 bits per heavy atom. The Balaban J connectivity index is 1.00. The van der Waals surface area contributed by atoms with Gasteiger partial charge in [0.25, 0.3) is 0 Å². The number of rotatable bonds is 5. The molecule has 0 saturated carbocycles. The van der Waals surface area contributed by atoms with Gasteiger partial charge < -0.3 is 8.98 Å². The van der Waals surface area contributed by atoms with Crippen molar-refractivity contribution >= 4 is 75.3 Å². The van der Waals surface area contributed by atoms with Crippen LogP contribution in [0.15, 0.2) is 186 Å². The van der Waals surface area contributed by atoms with Gasteiger partial charge in [-0.1, -0.05) is 133 Å². The van der Waals surface area contributed by atoms with Crippen molar-refractivity contribution in [2.45, 2.75) is 0 Å². The van der Waals surface area contributed by atoms with Crippen molar-refractivity contribution in [1.29, 1.82) is 0 Å². The first-order valence-corrected chi connectivity index (χ1v) is 19.8. The van der Waals surface area contributed by atoms with Crippen molar-refractivity contribution in [3.8, 4) is 51.0 Å². The van der Waals surface area contributed by atoms with E-state index in [-0.39, 0.29) is 0 Å². The predicted molar refractivity (Wildman–Crippen MR) is 236 cm³/mol. The lowest BCUT2D eigenvalue weighted by molar-refractivity contribution is 0.666. The van der Waals surface area contributed by atoms with E-state index in [1.54, 1.807) is 11.3 Å². The summed E-state index contributed by atoms with van der Waals surface area (Å²) >= 11 is 1.79. The molecule has 0 amide bonds. The number of hydrogen-bond acceptors (Lipinski definition) is 5. The number of hydrogen-bond donors (Lipinski definition) is 0. The maximum atomic E-state index is 6.82. The number of nitrogens with zero attached hydrogens (tertiary/aromatic N) is 4. The van der Waals surface area contributed by atoms with Gasteiger partial charge >= 0.3 is 0 Å². The number of para-hydroxylation sites is 3. The minimum Gasteiger partial charge on any atom is -0.454 e. The smallest absolute Gasteiger partial charge is 0.164 e. The van der Waals surface area contributed by atoms with E-state index < -0.39 is 0 Å². The normalized spacial score (nSPS) is 11.9. The van der Waals surface area contributed by atoms with Crippen LogP contribution >= 0.6 is 11.3 Å². The van der Waals surface area contributed by atoms with Crippen molar-refractivity contribution in [3.63, 3.8) is 0 Å². The standard InChI is InChI=1S/C51H30N4OS/c1-3-12-31(13-4-1)33-24-27-46-41(28-33)39-26-23-35(30-47(39)57-46)51-53-49(32-14-5-2-6-15-32)52-50(54-51)34-22-25-38-40-18-11-21-44(48(40)56-45(38)29-34)55-42-19-9-7-16-36(42)37-17-8-10-20-43(37)55/h1-30H. The van der Waals surface area contributed by atoms with Gasteiger partial charge in [0.15, 0.2) is 23.1 Å². The second-order valence-electron chi connectivity index (χ2n) is 14.4. The molecule has 0 aliphatic rings. The third-order valence-corrected chi connectivity index (χ3v) is 12.2. The molecule has 12 aromatic rings. The fourth-order valence-corrected chi connectivity index (χ4v) is 9.48. The van der Waals surface area contributed by atoms with Crippen molar-refractivity contribution < 1.29 is 4.42 Å². The molecule has 0 N–H and O–H groups in total. The highest BCUT2D eigenvalue weighted by atomic mass is 32.1. The van der Waals surface area contributed by atoms with Crippen LogP contribution in [-0.2, 0) is 0 Å². The Morgan fingerprint density at radius 3 is 1.67 bits per heavy atom. The molecule has 6 heteroatoms. The van der Waals surface area contributed by atoms with Gasteiger partial charge in [-0.15, -0.1) is 11.3 Å². The number of fused-ring (bicyclic) bond motifs is 9. The molecule has 5 nitrogen and oxygen atoms in total. The average Bonchev–Trinajstić information content (AvgIpc) is 3.95. The SMILES string of the molecule is c1ccc(-c2ccc3sc4cc(-c5nc(-c6ccccc6)nc(-c6ccc7c(c6)oc6c(-n8c9ccccc9c9ccccc98)cccc67)n5)ccc4c3c2)cc1. The van der Waals surface area contributed by atoms with Gasteiger partial charge in [0.1, 0.15) is 5.58 Å². The molecule has 266 valence electrons. The molecule has 0 aliphatic heterocycles. The first kappa shape index (κ1) is 31.9. The fraction of sp³-hybridized carbons (Fsp3) is 0. The summed E-state index contributed by atoms with van der Waals surface area (Å²) in [5.74, 6) is 1.84. The minimum absolute atomic E-state index is 0.591. The van der Waals surface area contributed by atoms with Gasteiger partial charge in [0.05, 0.1) is 16.7 Å². The highest BCUT2D eigenvalue weighted by Crippen LogP contribution is 2.41. The van der Waals surface area contributed by atoms with E-state index in [2.05, 4.69) is 156 Å². The van der Waals surface area contributed by atoms with Gasteiger partial charge in [-0.3, -0.25) is 0 Å². The van der Waals surface area contributed by atoms with Crippen molar-refractivity contribution in [2.75, 3.05) is 0 Å². The van der Waals surface area contributed by atoms with E-state index in [4.69, 9.17) is 19.4 Å². The summed E-state index contributed by atoms with van der Waals surface area (Å²) in [6.07, 6.45) is 0. The van der Waals surface area contributed by atoms with Crippen LogP contribution in [0.25, 0.3) is 115 Å². The predicted octanol–water partition coefficient (Wildman–Crippen LogP) is 13.9. The summed E-state index contributed by atoms with van der Waals surface area (Å²) in [7, 11) is 0. The molecule has 0 radical (unpaired) electrons. The van der Waals surface area contributed by atoms with Gasteiger partial charge in [0, 0.05) is 58.4 Å². The van der Waals surface area contributed by atoms with E-state index in [0.29, 0.717) is 17.5 Å². The van der Waals surface area contributed by atoms with Crippen molar-refractivity contribution in [1.82, 2.24) is 19.5 Å². The lowest BCUT2D eigenvalue weighted by Crippen LogP contribution is -2.00. The Labute approximate surface area is 330 Å². The highest BCUT2D eigenvalue weighted by molar-refractivity contribution is 7.25. The molecule has 57 heavy (non-hydrogen) atoms. The largest absolute Gasteiger partial charge is 0.454 e. The number of thiophene rings is 1. The van der Waals surface area contributed by atoms with Crippen LogP contribution in [-0.4, -0.2) is 19.5 Å². The Morgan fingerprint density at radius 2 is 0.947 bits per heavy atom. The highest BCUT2D eigenvalue weighted by Gasteiger charge is 2.19. The monoisotopic (exact) mass is 746 g/mol. The average molecular weight is 747 g/mol. The Kier molecular flexibility index (Phi) is 7.03. The van der Waals surface area contributed by atoms with E-state index in [0.717, 1.165) is 55.3 Å². The van der Waals surface area contributed by atoms with E-state index >= 15 is 0 Å². The summed E-state index contributed by atoms with van der Waals surface area (Å²) in [4.78, 5) is 15.3. The number of aromatic nitrogens is 4. The zero-order valence-electron chi connectivity index (χ0n) is 30.4. The molecule has 0 saturated heterocycles. The van der Waals surface area contributed by atoms with Crippen LogP contribution in [0, 0.1) is 0 Å². The maximum absolute atomic E-state index is 6.82. The van der Waals surface area contributed by atoms with E-state index in [1.807, 2.05) is 30.3 Å². The summed E-state index contributed by atoms with van der Waals surface area (Å²) in [6.45, 7) is 0. The van der Waals surface area contributed by atoms with Crippen LogP contribution in [0.2, 0.25) is 0 Å². The third-order valence-electron chi connectivity index (χ3n) is 11.1. The number of benzene rings is 8. The fourth-order valence-electron chi connectivity index (χ4n) is 8.36. The topological polar surface area (TPSA) is 56.7 Å². The second kappa shape index (κ2) is 12.6. The van der Waals surface area contributed by atoms with Gasteiger partial charge in [-0.05, 0) is 59.7 Å². The zero-order valence-corrected chi connectivity index (χ0v) is 31.2. The summed E-state index contributed by atoms with van der Waals surface area (Å²) in [6, 6.07) is 63.8. The van der Waals surface area contributed by atoms with Crippen LogP contribution in [0.4, 0.5) is 0 Å². The molecular formula is C51H30N4OS. The van der Waals surface area contributed by atoms with Gasteiger partial charge in [0.2, 0.25) is 0 Å². The molecule has 0 fully saturated rings. The van der Waals surface area contributed by atoms with Crippen molar-refractivity contribution in [2.24, 2.45) is 0 Å². The van der Waals surface area contributed by atoms with E-state index in [9.17, 15) is 0 Å². The molecule has 0 spiro atoms. The third kappa shape index (κ3) is 5.12. The van der Waals surface area contributed by atoms with Gasteiger partial charge in [-0.25, -0.2) is 15.0 Å². The van der Waals surface area contributed by atoms with E-state index in [1.165, 1.54) is 42.1 Å². The van der Waals surface area contributed by atoms with Crippen LogP contribution in [0.5, 0.6) is 0 Å². The van der Waals surface area contributed by atoms with Crippen LogP contribution < -0.4 is 0 Å². The first-order chi connectivity index (χ1) is 28.2. The molecule has 0 aliphatic carbocycles. The maximum Gasteiger partial charge on any atom is 0.164 e. The molecule has 0 unspecified atom stereocenters. The van der Waals surface area contributed by atoms with Gasteiger partial charge in [-0.2, -0.15) is 0 Å². The molecule has 0 atom stereocenters. The Hall–Kier alpha value is -7.41. The first-order valence-electron chi connectivity index (χ1n) is 19.0. The quantitative estimate of drug-likeness (QED) is 0.176. The van der Waals surface area contributed by atoms with Crippen LogP contribution in [0.3, 0.4) is 0 Å². The Bertz CT molecular complexity index is 3470. The van der Waals surface area contributed by atoms with Crippen LogP contribution in [0.1, 0.15) is 0 Å². The molecular weight excluding hydrogens is 717 g/mol.